The summed E-state index contributed by atoms with van der Waals surface area (Å²) >= 11 is 0. The molecular weight excluding hydrogens is 510 g/mol. The van der Waals surface area contributed by atoms with Crippen molar-refractivity contribution >= 4 is 5.97 Å². The second-order valence-corrected chi connectivity index (χ2v) is 9.60. The van der Waals surface area contributed by atoms with Gasteiger partial charge in [0.1, 0.15) is 42.4 Å². The van der Waals surface area contributed by atoms with Gasteiger partial charge < -0.3 is 65.5 Å². The number of aliphatic hydroxyl groups excluding tert-OH is 7. The van der Waals surface area contributed by atoms with Gasteiger partial charge in [0.05, 0.1) is 25.4 Å². The first-order valence-corrected chi connectivity index (χ1v) is 12.3. The van der Waals surface area contributed by atoms with Gasteiger partial charge in [-0.25, -0.2) is 4.79 Å². The van der Waals surface area contributed by atoms with E-state index in [0.29, 0.717) is 13.0 Å². The molecule has 3 unspecified atom stereocenters. The molecule has 3 rings (SSSR count). The quantitative estimate of drug-likeness (QED) is 0.132. The van der Waals surface area contributed by atoms with E-state index in [2.05, 4.69) is 0 Å². The maximum Gasteiger partial charge on any atom is 0.364 e. The lowest BCUT2D eigenvalue weighted by Crippen LogP contribution is -2.67. The van der Waals surface area contributed by atoms with Crippen molar-refractivity contribution in [2.24, 2.45) is 11.7 Å². The molecule has 0 aliphatic carbocycles. The number of aliphatic carboxylic acids is 1. The number of aliphatic hydroxyl groups is 7. The fourth-order valence-corrected chi connectivity index (χ4v) is 4.57. The number of carboxylic acids is 1. The molecule has 0 aromatic heterocycles. The van der Waals surface area contributed by atoms with Crippen molar-refractivity contribution in [3.8, 4) is 5.75 Å². The molecule has 0 bridgehead atoms. The molecule has 216 valence electrons. The fourth-order valence-electron chi connectivity index (χ4n) is 4.57. The largest absolute Gasteiger partial charge is 0.477 e. The van der Waals surface area contributed by atoms with Gasteiger partial charge in [-0.15, -0.1) is 0 Å². The van der Waals surface area contributed by atoms with Crippen LogP contribution in [-0.2, 0) is 25.4 Å². The van der Waals surface area contributed by atoms with Gasteiger partial charge in [0.25, 0.3) is 5.79 Å². The Labute approximate surface area is 218 Å². The second-order valence-electron chi connectivity index (χ2n) is 9.60. The molecule has 0 saturated carbocycles. The van der Waals surface area contributed by atoms with Crippen LogP contribution in [0.3, 0.4) is 0 Å². The van der Waals surface area contributed by atoms with Crippen LogP contribution in [0.4, 0.5) is 0 Å². The summed E-state index contributed by atoms with van der Waals surface area (Å²) in [4.78, 5) is 12.4. The number of carboxylic acid groups (broad SMARTS) is 1. The zero-order valence-electron chi connectivity index (χ0n) is 20.8. The first-order chi connectivity index (χ1) is 18.0. The average Bonchev–Trinajstić information content (AvgIpc) is 2.90. The van der Waals surface area contributed by atoms with Gasteiger partial charge >= 0.3 is 5.97 Å². The maximum absolute atomic E-state index is 12.4. The highest BCUT2D eigenvalue weighted by Crippen LogP contribution is 2.39. The lowest BCUT2D eigenvalue weighted by molar-refractivity contribution is -0.367. The van der Waals surface area contributed by atoms with Crippen LogP contribution >= 0.6 is 0 Å². The SMILES string of the molecule is C[C@@H]1C(O)C[C@](O[C@@H]2C(O)[C@H](Oc3ccc(CCN)cc3)OC(CO)[C@@H]2O)(C(=O)O)O[C@H]1[C@H](O)[C@H](O)CO. The summed E-state index contributed by atoms with van der Waals surface area (Å²) in [7, 11) is 0. The van der Waals surface area contributed by atoms with Gasteiger partial charge in [-0.1, -0.05) is 19.1 Å². The second kappa shape index (κ2) is 12.9. The third kappa shape index (κ3) is 6.43. The van der Waals surface area contributed by atoms with Crippen molar-refractivity contribution in [1.82, 2.24) is 0 Å². The van der Waals surface area contributed by atoms with Gasteiger partial charge in [0.15, 0.2) is 0 Å². The van der Waals surface area contributed by atoms with Gasteiger partial charge in [0, 0.05) is 12.3 Å². The molecule has 11 atom stereocenters. The Kier molecular flexibility index (Phi) is 10.4. The summed E-state index contributed by atoms with van der Waals surface area (Å²) in [5.74, 6) is -5.09. The highest BCUT2D eigenvalue weighted by Gasteiger charge is 2.58. The van der Waals surface area contributed by atoms with Crippen molar-refractivity contribution in [2.75, 3.05) is 19.8 Å². The predicted octanol–water partition coefficient (Wildman–Crippen LogP) is -3.33. The Hall–Kier alpha value is -1.95. The Morgan fingerprint density at radius 1 is 1.16 bits per heavy atom. The zero-order chi connectivity index (χ0) is 28.2. The number of carbonyl (C=O) groups is 1. The minimum Gasteiger partial charge on any atom is -0.477 e. The highest BCUT2D eigenvalue weighted by atomic mass is 16.8. The van der Waals surface area contributed by atoms with Crippen molar-refractivity contribution in [3.05, 3.63) is 29.8 Å². The van der Waals surface area contributed by atoms with E-state index in [1.165, 1.54) is 6.92 Å². The molecule has 2 aliphatic rings. The first-order valence-electron chi connectivity index (χ1n) is 12.3. The summed E-state index contributed by atoms with van der Waals surface area (Å²) in [6, 6.07) is 6.67. The van der Waals surface area contributed by atoms with E-state index < -0.39 is 92.4 Å². The summed E-state index contributed by atoms with van der Waals surface area (Å²) < 4.78 is 22.4. The third-order valence-corrected chi connectivity index (χ3v) is 6.93. The summed E-state index contributed by atoms with van der Waals surface area (Å²) in [6.45, 7) is 0.273. The number of hydrogen-bond donors (Lipinski definition) is 9. The van der Waals surface area contributed by atoms with Crippen LogP contribution in [0.25, 0.3) is 0 Å². The molecule has 2 saturated heterocycles. The summed E-state index contributed by atoms with van der Waals surface area (Å²) in [5, 5.41) is 81.7. The molecule has 0 amide bonds. The van der Waals surface area contributed by atoms with Crippen molar-refractivity contribution in [1.29, 1.82) is 0 Å². The minimum absolute atomic E-state index is 0.258. The van der Waals surface area contributed by atoms with Crippen molar-refractivity contribution in [3.63, 3.8) is 0 Å². The van der Waals surface area contributed by atoms with E-state index in [4.69, 9.17) is 24.7 Å². The normalized spacial score (nSPS) is 37.4. The Morgan fingerprint density at radius 2 is 1.82 bits per heavy atom. The van der Waals surface area contributed by atoms with E-state index in [1.54, 1.807) is 24.3 Å². The molecule has 2 aliphatic heterocycles. The van der Waals surface area contributed by atoms with Crippen LogP contribution in [0, 0.1) is 5.92 Å². The van der Waals surface area contributed by atoms with E-state index in [0.717, 1.165) is 5.56 Å². The van der Waals surface area contributed by atoms with Crippen LogP contribution in [0.2, 0.25) is 0 Å². The predicted molar refractivity (Wildman–Crippen MR) is 127 cm³/mol. The molecule has 2 heterocycles. The maximum atomic E-state index is 12.4. The van der Waals surface area contributed by atoms with Crippen molar-refractivity contribution in [2.45, 2.75) is 80.7 Å². The smallest absolute Gasteiger partial charge is 0.364 e. The average molecular weight is 548 g/mol. The number of ether oxygens (including phenoxy) is 4. The summed E-state index contributed by atoms with van der Waals surface area (Å²) in [6.07, 6.45) is -14.7. The number of benzene rings is 1. The standard InChI is InChI=1S/C24H37NO13/c1-11-14(28)8-24(23(33)34,37-20(11)17(30)15(29)9-26)38-21-18(31)16(10-27)36-22(19(21)32)35-13-4-2-12(3-5-13)6-7-25/h2-5,11,14-22,26-32H,6-10,25H2,1H3,(H,33,34)/t11-,14?,15-,16?,17-,18+,19?,20-,21+,22-,24+/m1/s1. The molecule has 10 N–H and O–H groups in total. The molecule has 0 radical (unpaired) electrons. The molecule has 38 heavy (non-hydrogen) atoms. The molecule has 14 nitrogen and oxygen atoms in total. The van der Waals surface area contributed by atoms with Crippen molar-refractivity contribution < 1.29 is 64.6 Å². The van der Waals surface area contributed by atoms with Crippen LogP contribution in [0.5, 0.6) is 5.75 Å². The Morgan fingerprint density at radius 3 is 2.37 bits per heavy atom. The van der Waals surface area contributed by atoms with Gasteiger partial charge in [-0.3, -0.25) is 0 Å². The molecule has 0 spiro atoms. The van der Waals surface area contributed by atoms with Crippen LogP contribution in [0.1, 0.15) is 18.9 Å². The number of nitrogens with two attached hydrogens (primary N) is 1. The molecular formula is C24H37NO13. The topological polar surface area (TPSA) is 242 Å². The van der Waals surface area contributed by atoms with E-state index in [-0.39, 0.29) is 5.75 Å². The molecule has 1 aromatic carbocycles. The van der Waals surface area contributed by atoms with Crippen LogP contribution in [0.15, 0.2) is 24.3 Å². The number of hydrogen-bond acceptors (Lipinski definition) is 13. The van der Waals surface area contributed by atoms with Crippen LogP contribution in [-0.4, -0.2) is 127 Å². The molecule has 14 heteroatoms. The molecule has 1 aromatic rings. The van der Waals surface area contributed by atoms with Gasteiger partial charge in [-0.2, -0.15) is 0 Å². The van der Waals surface area contributed by atoms with Gasteiger partial charge in [0.2, 0.25) is 6.29 Å². The minimum atomic E-state index is -2.70. The Balaban J connectivity index is 1.87. The highest BCUT2D eigenvalue weighted by molar-refractivity contribution is 5.76. The lowest BCUT2D eigenvalue weighted by atomic mass is 9.84. The lowest BCUT2D eigenvalue weighted by Gasteiger charge is -2.49. The van der Waals surface area contributed by atoms with E-state index in [9.17, 15) is 45.6 Å². The van der Waals surface area contributed by atoms with Crippen LogP contribution < -0.4 is 10.5 Å². The third-order valence-electron chi connectivity index (χ3n) is 6.93. The van der Waals surface area contributed by atoms with E-state index in [1.807, 2.05) is 0 Å². The Bertz CT molecular complexity index is 904. The fraction of sp³-hybridized carbons (Fsp3) is 0.708. The zero-order valence-corrected chi connectivity index (χ0v) is 20.8. The number of rotatable bonds is 11. The molecule has 2 fully saturated rings. The summed E-state index contributed by atoms with van der Waals surface area (Å²) in [5.41, 5.74) is 6.48. The first kappa shape index (κ1) is 30.6. The monoisotopic (exact) mass is 547 g/mol. The van der Waals surface area contributed by atoms with Gasteiger partial charge in [-0.05, 0) is 30.7 Å². The van der Waals surface area contributed by atoms with E-state index >= 15 is 0 Å².